The van der Waals surface area contributed by atoms with Gasteiger partial charge >= 0.3 is 5.97 Å². The zero-order chi connectivity index (χ0) is 21.4. The minimum absolute atomic E-state index is 0.267. The molecule has 0 spiro atoms. The zero-order valence-electron chi connectivity index (χ0n) is 16.8. The van der Waals surface area contributed by atoms with Crippen molar-refractivity contribution in [3.05, 3.63) is 46.3 Å². The van der Waals surface area contributed by atoms with Gasteiger partial charge in [0.2, 0.25) is 0 Å². The van der Waals surface area contributed by atoms with Gasteiger partial charge in [0.05, 0.1) is 35.2 Å². The number of nitrogens with zero attached hydrogens (tertiary/aromatic N) is 4. The van der Waals surface area contributed by atoms with E-state index in [1.807, 2.05) is 6.92 Å². The second kappa shape index (κ2) is 7.71. The first-order valence-electron chi connectivity index (χ1n) is 9.23. The molecule has 154 valence electrons. The minimum atomic E-state index is -0.456. The average molecular weight is 425 g/mol. The number of fused-ring (bicyclic) bond motifs is 1. The maximum atomic E-state index is 13.2. The summed E-state index contributed by atoms with van der Waals surface area (Å²) < 4.78 is 12.1. The number of aryl methyl sites for hydroxylation is 3. The molecule has 0 aliphatic carbocycles. The summed E-state index contributed by atoms with van der Waals surface area (Å²) in [6.07, 6.45) is 1.55. The lowest BCUT2D eigenvalue weighted by Crippen LogP contribution is -2.13. The first-order valence-corrected chi connectivity index (χ1v) is 10.0. The van der Waals surface area contributed by atoms with Crippen molar-refractivity contribution in [1.29, 1.82) is 0 Å². The van der Waals surface area contributed by atoms with E-state index in [1.165, 1.54) is 0 Å². The fraction of sp³-hybridized carbons (Fsp3) is 0.250. The Labute approximate surface area is 175 Å². The molecule has 1 N–H and O–H groups in total. The molecule has 9 nitrogen and oxygen atoms in total. The third kappa shape index (κ3) is 3.45. The van der Waals surface area contributed by atoms with Crippen LogP contribution in [0.15, 0.2) is 28.9 Å². The van der Waals surface area contributed by atoms with Crippen LogP contribution in [0.5, 0.6) is 0 Å². The van der Waals surface area contributed by atoms with Gasteiger partial charge in [0.25, 0.3) is 5.91 Å². The fourth-order valence-electron chi connectivity index (χ4n) is 3.17. The number of carbonyl (C=O) groups excluding carboxylic acids is 2. The average Bonchev–Trinajstić information content (AvgIpc) is 3.42. The number of furan rings is 1. The van der Waals surface area contributed by atoms with Crippen LogP contribution in [-0.2, 0) is 11.8 Å². The quantitative estimate of drug-likeness (QED) is 0.485. The summed E-state index contributed by atoms with van der Waals surface area (Å²) in [5.74, 6) is -0.294. The van der Waals surface area contributed by atoms with Gasteiger partial charge in [-0.2, -0.15) is 5.10 Å². The van der Waals surface area contributed by atoms with E-state index < -0.39 is 5.97 Å². The van der Waals surface area contributed by atoms with E-state index in [2.05, 4.69) is 20.4 Å². The van der Waals surface area contributed by atoms with E-state index in [4.69, 9.17) is 9.15 Å². The van der Waals surface area contributed by atoms with Crippen LogP contribution in [-0.4, -0.2) is 38.2 Å². The van der Waals surface area contributed by atoms with Crippen LogP contribution in [0.3, 0.4) is 0 Å². The molecule has 4 rings (SSSR count). The molecule has 0 aromatic carbocycles. The summed E-state index contributed by atoms with van der Waals surface area (Å²) in [7, 11) is 1.77. The van der Waals surface area contributed by atoms with Crippen molar-refractivity contribution in [2.24, 2.45) is 7.05 Å². The van der Waals surface area contributed by atoms with Crippen molar-refractivity contribution < 1.29 is 18.7 Å². The highest BCUT2D eigenvalue weighted by atomic mass is 32.1. The number of aromatic nitrogens is 4. The maximum absolute atomic E-state index is 13.2. The van der Waals surface area contributed by atoms with Crippen molar-refractivity contribution in [2.45, 2.75) is 20.8 Å². The monoisotopic (exact) mass is 425 g/mol. The zero-order valence-corrected chi connectivity index (χ0v) is 17.7. The second-order valence-electron chi connectivity index (χ2n) is 6.55. The predicted molar refractivity (Wildman–Crippen MR) is 112 cm³/mol. The van der Waals surface area contributed by atoms with Crippen LogP contribution in [0.25, 0.3) is 22.5 Å². The topological polar surface area (TPSA) is 112 Å². The van der Waals surface area contributed by atoms with Gasteiger partial charge in [0, 0.05) is 7.05 Å². The van der Waals surface area contributed by atoms with Gasteiger partial charge in [0.1, 0.15) is 10.6 Å². The van der Waals surface area contributed by atoms with Gasteiger partial charge < -0.3 is 9.15 Å². The lowest BCUT2D eigenvalue weighted by molar-refractivity contribution is 0.0531. The van der Waals surface area contributed by atoms with E-state index in [1.54, 1.807) is 50.0 Å². The molecule has 0 atom stereocenters. The first-order chi connectivity index (χ1) is 14.4. The molecule has 0 fully saturated rings. The number of pyridine rings is 1. The number of hydrogen-bond acceptors (Lipinski definition) is 8. The molecule has 4 aromatic rings. The number of anilines is 1. The number of amides is 1. The van der Waals surface area contributed by atoms with Gasteiger partial charge in [0.15, 0.2) is 16.5 Å². The van der Waals surface area contributed by atoms with Crippen molar-refractivity contribution in [2.75, 3.05) is 11.9 Å². The molecular weight excluding hydrogens is 406 g/mol. The summed E-state index contributed by atoms with van der Waals surface area (Å²) in [5, 5.41) is 8.13. The van der Waals surface area contributed by atoms with Crippen LogP contribution in [0.4, 0.5) is 5.13 Å². The molecule has 0 bridgehead atoms. The normalized spacial score (nSPS) is 11.1. The van der Waals surface area contributed by atoms with E-state index in [9.17, 15) is 9.59 Å². The van der Waals surface area contributed by atoms with E-state index in [-0.39, 0.29) is 12.5 Å². The van der Waals surface area contributed by atoms with Crippen molar-refractivity contribution >= 4 is 39.4 Å². The number of ether oxygens (including phenoxy) is 1. The molecule has 4 aromatic heterocycles. The summed E-state index contributed by atoms with van der Waals surface area (Å²) in [5.41, 5.74) is 2.65. The Balaban J connectivity index is 1.75. The highest BCUT2D eigenvalue weighted by Gasteiger charge is 2.22. The molecule has 10 heteroatoms. The van der Waals surface area contributed by atoms with Gasteiger partial charge in [-0.05, 0) is 39.0 Å². The molecule has 0 aliphatic rings. The largest absolute Gasteiger partial charge is 0.463 e. The minimum Gasteiger partial charge on any atom is -0.463 e. The second-order valence-corrected chi connectivity index (χ2v) is 7.55. The maximum Gasteiger partial charge on any atom is 0.350 e. The third-order valence-corrected chi connectivity index (χ3v) is 5.52. The van der Waals surface area contributed by atoms with Crippen molar-refractivity contribution in [3.8, 4) is 11.5 Å². The van der Waals surface area contributed by atoms with Crippen LogP contribution in [0.1, 0.15) is 38.3 Å². The Morgan fingerprint density at radius 2 is 2.07 bits per heavy atom. The Hall–Kier alpha value is -3.53. The highest BCUT2D eigenvalue weighted by Crippen LogP contribution is 2.29. The number of nitrogens with one attached hydrogen (secondary N) is 1. The van der Waals surface area contributed by atoms with Gasteiger partial charge in [-0.3, -0.25) is 14.8 Å². The Kier molecular flexibility index (Phi) is 5.08. The third-order valence-electron chi connectivity index (χ3n) is 4.46. The van der Waals surface area contributed by atoms with Crippen molar-refractivity contribution in [1.82, 2.24) is 19.7 Å². The SMILES string of the molecule is CCOC(=O)c1sc(NC(=O)c2cc(-c3ccco3)nc3c2c(C)nn3C)nc1C. The predicted octanol–water partition coefficient (Wildman–Crippen LogP) is 3.73. The van der Waals surface area contributed by atoms with Gasteiger partial charge in [-0.15, -0.1) is 0 Å². The summed E-state index contributed by atoms with van der Waals surface area (Å²) in [6.45, 7) is 5.52. The molecule has 0 saturated heterocycles. The number of esters is 1. The molecule has 0 saturated carbocycles. The smallest absolute Gasteiger partial charge is 0.350 e. The van der Waals surface area contributed by atoms with Crippen LogP contribution in [0.2, 0.25) is 0 Å². The van der Waals surface area contributed by atoms with Gasteiger partial charge in [-0.1, -0.05) is 11.3 Å². The van der Waals surface area contributed by atoms with Crippen LogP contribution < -0.4 is 5.32 Å². The first kappa shape index (κ1) is 19.8. The van der Waals surface area contributed by atoms with E-state index in [0.29, 0.717) is 49.4 Å². The molecule has 0 radical (unpaired) electrons. The number of rotatable bonds is 5. The Bertz CT molecular complexity index is 1260. The van der Waals surface area contributed by atoms with E-state index >= 15 is 0 Å². The summed E-state index contributed by atoms with van der Waals surface area (Å²) in [4.78, 5) is 34.5. The number of carbonyl (C=O) groups is 2. The van der Waals surface area contributed by atoms with Gasteiger partial charge in [-0.25, -0.2) is 14.8 Å². The Morgan fingerprint density at radius 3 is 2.77 bits per heavy atom. The molecule has 30 heavy (non-hydrogen) atoms. The highest BCUT2D eigenvalue weighted by molar-refractivity contribution is 7.17. The number of hydrogen-bond donors (Lipinski definition) is 1. The standard InChI is InChI=1S/C20H19N5O4S/c1-5-28-19(27)16-11(3)21-20(30-16)23-18(26)12-9-13(14-7-6-8-29-14)22-17-15(12)10(2)24-25(17)4/h6-9H,5H2,1-4H3,(H,21,23,26). The van der Waals surface area contributed by atoms with Crippen molar-refractivity contribution in [3.63, 3.8) is 0 Å². The fourth-order valence-corrected chi connectivity index (χ4v) is 4.03. The lowest BCUT2D eigenvalue weighted by atomic mass is 10.1. The molecule has 0 aliphatic heterocycles. The molecular formula is C20H19N5O4S. The lowest BCUT2D eigenvalue weighted by Gasteiger charge is -2.07. The van der Waals surface area contributed by atoms with Crippen LogP contribution in [0, 0.1) is 13.8 Å². The number of thiazole rings is 1. The molecule has 4 heterocycles. The summed E-state index contributed by atoms with van der Waals surface area (Å²) >= 11 is 1.07. The molecule has 1 amide bonds. The van der Waals surface area contributed by atoms with E-state index in [0.717, 1.165) is 11.3 Å². The van der Waals surface area contributed by atoms with Crippen LogP contribution >= 0.6 is 11.3 Å². The summed E-state index contributed by atoms with van der Waals surface area (Å²) in [6, 6.07) is 5.19. The molecule has 0 unspecified atom stereocenters. The Morgan fingerprint density at radius 1 is 1.27 bits per heavy atom.